The van der Waals surface area contributed by atoms with Crippen LogP contribution in [0.25, 0.3) is 0 Å². The summed E-state index contributed by atoms with van der Waals surface area (Å²) in [5.74, 6) is -7.91. The van der Waals surface area contributed by atoms with Gasteiger partial charge in [-0.3, -0.25) is 28.6 Å². The van der Waals surface area contributed by atoms with Gasteiger partial charge < -0.3 is 7.16 Å². The van der Waals surface area contributed by atoms with Crippen LogP contribution in [0.15, 0.2) is 33.7 Å². The maximum Gasteiger partial charge on any atom is 1.00 e. The monoisotopic (exact) mass is 1150 g/mol. The molecule has 3 aromatic rings. The number of nitriles is 1. The number of hydrogen-bond acceptors (Lipinski definition) is 17. The number of sulfonamides is 3. The average Bonchev–Trinajstić information content (AvgIpc) is 4.16. The number of aromatic nitrogens is 9. The fourth-order valence-electron chi connectivity index (χ4n) is 9.75. The van der Waals surface area contributed by atoms with E-state index in [1.54, 1.807) is 21.1 Å². The number of hydrogen-bond donors (Lipinski definition) is 1. The number of carbonyl (C=O) groups is 1. The first-order valence-corrected chi connectivity index (χ1v) is 28.8. The van der Waals surface area contributed by atoms with E-state index >= 15 is 0 Å². The summed E-state index contributed by atoms with van der Waals surface area (Å²) in [4.78, 5) is 14.4. The zero-order valence-corrected chi connectivity index (χ0v) is 45.2. The number of rotatable bonds is 9. The van der Waals surface area contributed by atoms with Crippen LogP contribution in [0.4, 0.5) is 26.3 Å². The number of ketones is 1. The molecule has 6 fully saturated rings. The molecule has 0 atom stereocenters. The second-order valence-electron chi connectivity index (χ2n) is 19.6. The normalized spacial score (nSPS) is 23.3. The van der Waals surface area contributed by atoms with Crippen molar-refractivity contribution >= 4 is 53.2 Å². The Labute approximate surface area is 464 Å². The maximum atomic E-state index is 13.5. The van der Waals surface area contributed by atoms with E-state index in [-0.39, 0.29) is 149 Å². The van der Waals surface area contributed by atoms with Crippen LogP contribution >= 0.6 is 0 Å². The van der Waals surface area contributed by atoms with Gasteiger partial charge >= 0.3 is 18.9 Å². The van der Waals surface area contributed by atoms with E-state index < -0.39 is 58.9 Å². The van der Waals surface area contributed by atoms with Gasteiger partial charge in [0.15, 0.2) is 17.4 Å². The van der Waals surface area contributed by atoms with Gasteiger partial charge in [-0.1, -0.05) is 22.1 Å². The van der Waals surface area contributed by atoms with Crippen LogP contribution < -0.4 is 24.6 Å². The molecule has 3 saturated heterocycles. The minimum atomic E-state index is -3.73. The largest absolute Gasteiger partial charge is 1.00 e. The number of aryl methyl sites for hydroxylation is 3. The van der Waals surface area contributed by atoms with Gasteiger partial charge in [0.2, 0.25) is 32.8 Å². The predicted molar refractivity (Wildman–Crippen MR) is 263 cm³/mol. The minimum absolute atomic E-state index is 0. The molecular weight excluding hydrogens is 1080 g/mol. The summed E-state index contributed by atoms with van der Waals surface area (Å²) in [6.45, 7) is 4.07. The molecule has 2 N–H and O–H groups in total. The zero-order valence-electron chi connectivity index (χ0n) is 43.8. The number of alkyl halides is 6. The summed E-state index contributed by atoms with van der Waals surface area (Å²) in [5.41, 5.74) is 4.55. The molecule has 6 heterocycles. The molecule has 3 aromatic heterocycles. The molecule has 0 radical (unpaired) electrons. The number of Topliss-reactive ketones (excluding diaryl/α,β-unsaturated/α-hetero) is 1. The summed E-state index contributed by atoms with van der Waals surface area (Å²) < 4.78 is 161. The van der Waals surface area contributed by atoms with Crippen LogP contribution in [0.1, 0.15) is 97.7 Å². The second kappa shape index (κ2) is 26.4. The Bertz CT molecular complexity index is 2740. The Morgan fingerprint density at radius 3 is 1.18 bits per heavy atom. The molecule has 9 rings (SSSR count). The van der Waals surface area contributed by atoms with E-state index in [2.05, 4.69) is 41.9 Å². The number of carbonyl (C=O) groups excluding carboxylic acids is 1. The van der Waals surface area contributed by atoms with E-state index in [0.717, 1.165) is 19.3 Å². The quantitative estimate of drug-likeness (QED) is 0.185. The number of nitrogens with zero attached hydrogens (tertiary/aromatic N) is 15. The van der Waals surface area contributed by atoms with Gasteiger partial charge in [0.05, 0.1) is 24.7 Å². The van der Waals surface area contributed by atoms with Crippen molar-refractivity contribution in [3.63, 3.8) is 0 Å². The molecule has 3 aliphatic heterocycles. The van der Waals surface area contributed by atoms with E-state index in [1.807, 2.05) is 4.90 Å². The summed E-state index contributed by atoms with van der Waals surface area (Å²) >= 11 is 0. The third-order valence-electron chi connectivity index (χ3n) is 14.5. The Kier molecular flexibility index (Phi) is 22.8. The van der Waals surface area contributed by atoms with Gasteiger partial charge in [-0.05, 0) is 38.5 Å². The van der Waals surface area contributed by atoms with Crippen LogP contribution in [0.2, 0.25) is 0 Å². The molecule has 0 aromatic carbocycles. The Hall–Kier alpha value is -3.10. The third kappa shape index (κ3) is 16.3. The summed E-state index contributed by atoms with van der Waals surface area (Å²) in [5, 5.41) is 31.4. The van der Waals surface area contributed by atoms with E-state index in [0.29, 0.717) is 58.7 Å². The number of piperidine rings is 1. The SMILES string of the molecule is Cn1cc(S(=O)(=O)N2CCCCC2)nn1.Cn1cc(S(=O)(=O)N2CCN(C3(C#N)CCC(F)(F)CC3)CC2)nn1.Cn1cc(S(=O)(=O)N2CCN(C3(CN)CCC(F)(F)CC3)CC2)nn1.O=C1CCC(F)(F)CC1.[AlH3].[H-].[Li+]. The van der Waals surface area contributed by atoms with Crippen molar-refractivity contribution in [3.8, 4) is 6.07 Å². The van der Waals surface area contributed by atoms with Gasteiger partial charge in [0.1, 0.15) is 11.3 Å². The van der Waals surface area contributed by atoms with E-state index in [4.69, 9.17) is 5.73 Å². The fourth-order valence-corrected chi connectivity index (χ4v) is 13.8. The first-order valence-electron chi connectivity index (χ1n) is 24.4. The zero-order chi connectivity index (χ0) is 54.4. The molecule has 0 bridgehead atoms. The number of halogens is 6. The Balaban J connectivity index is 0.000000282. The van der Waals surface area contributed by atoms with Crippen molar-refractivity contribution in [3.05, 3.63) is 18.6 Å². The molecule has 3 saturated carbocycles. The second-order valence-corrected chi connectivity index (χ2v) is 25.3. The first-order chi connectivity index (χ1) is 34.6. The van der Waals surface area contributed by atoms with Crippen LogP contribution in [0, 0.1) is 11.3 Å². The van der Waals surface area contributed by atoms with Gasteiger partial charge in [0, 0.05) is 150 Å². The molecule has 3 aliphatic carbocycles. The van der Waals surface area contributed by atoms with Crippen molar-refractivity contribution in [1.82, 2.24) is 67.7 Å². The van der Waals surface area contributed by atoms with Crippen molar-refractivity contribution in [2.45, 2.75) is 140 Å². The molecule has 0 unspecified atom stereocenters. The van der Waals surface area contributed by atoms with Gasteiger partial charge in [-0.2, -0.15) is 18.2 Å². The summed E-state index contributed by atoms with van der Waals surface area (Å²) in [6.07, 6.45) is 6.69. The predicted octanol–water partition coefficient (Wildman–Crippen LogP) is -1.69. The van der Waals surface area contributed by atoms with Crippen LogP contribution in [-0.2, 0) is 56.0 Å². The molecule has 23 nitrogen and oxygen atoms in total. The van der Waals surface area contributed by atoms with Crippen molar-refractivity contribution < 1.29 is 76.7 Å². The maximum absolute atomic E-state index is 13.5. The van der Waals surface area contributed by atoms with Crippen LogP contribution in [0.3, 0.4) is 0 Å². The van der Waals surface area contributed by atoms with Crippen molar-refractivity contribution in [2.75, 3.05) is 72.0 Å². The average molecular weight is 1160 g/mol. The van der Waals surface area contributed by atoms with Gasteiger partial charge in [-0.25, -0.2) is 51.6 Å². The topological polar surface area (TPSA) is 278 Å². The summed E-state index contributed by atoms with van der Waals surface area (Å²) in [6, 6.07) is 2.21. The number of piperazine rings is 2. The molecule has 0 spiro atoms. The Morgan fingerprint density at radius 1 is 0.539 bits per heavy atom. The molecule has 6 aliphatic rings. The number of nitrogens with two attached hydrogens (primary N) is 1. The van der Waals surface area contributed by atoms with E-state index in [9.17, 15) is 61.7 Å². The van der Waals surface area contributed by atoms with Crippen molar-refractivity contribution in [2.24, 2.45) is 26.9 Å². The third-order valence-corrected chi connectivity index (χ3v) is 19.8. The minimum Gasteiger partial charge on any atom is -1.00 e. The van der Waals surface area contributed by atoms with Crippen molar-refractivity contribution in [1.29, 1.82) is 5.26 Å². The van der Waals surface area contributed by atoms with Gasteiger partial charge in [0.25, 0.3) is 30.1 Å². The molecule has 76 heavy (non-hydrogen) atoms. The van der Waals surface area contributed by atoms with Gasteiger partial charge in [-0.15, -0.1) is 15.3 Å². The standard InChI is InChI=1S/C14H24F2N6O2S.C14H20F2N6O2S.C8H14N4O2S.C6H8F2O.Al.Li.4H/c2*1-20-10-12(18-19-20)25(23,24)22-8-6-21(7-9-22)13(11-17)2-4-14(15,16)5-3-13;1-11-7-8(9-10-11)15(13,14)12-5-3-2-4-6-12;7-6(8)3-1-5(9)2-4-6;;;;;;/h10H,2-9,11,17H2,1H3;10H,2-9H2,1H3;7H,2-6H2,1H3;1-4H2;;;;;;/q;;;;;+1;;;;-1. The van der Waals surface area contributed by atoms with Crippen LogP contribution in [-0.4, -0.2) is 217 Å². The Morgan fingerprint density at radius 2 is 0.868 bits per heavy atom. The molecule has 34 heteroatoms. The molecule has 0 amide bonds. The summed E-state index contributed by atoms with van der Waals surface area (Å²) in [7, 11) is -5.97. The fraction of sp³-hybridized carbons (Fsp3) is 0.810. The molecule has 424 valence electrons. The molecular formula is C42H70AlF6LiN16O7S3. The van der Waals surface area contributed by atoms with E-state index in [1.165, 1.54) is 45.6 Å². The first kappa shape index (κ1) is 65.4. The van der Waals surface area contributed by atoms with Crippen LogP contribution in [0.5, 0.6) is 0 Å². The smallest absolute Gasteiger partial charge is 1.00 e.